The van der Waals surface area contributed by atoms with E-state index in [1.165, 1.54) is 0 Å². The molecule has 2 aliphatic carbocycles. The molecule has 0 saturated heterocycles. The number of nitrogens with two attached hydrogens (primary N) is 2. The predicted octanol–water partition coefficient (Wildman–Crippen LogP) is 1.19. The summed E-state index contributed by atoms with van der Waals surface area (Å²) in [7, 11) is 0. The van der Waals surface area contributed by atoms with E-state index in [1.807, 2.05) is 6.07 Å². The quantitative estimate of drug-likeness (QED) is 0.778. The van der Waals surface area contributed by atoms with Gasteiger partial charge in [0.15, 0.2) is 0 Å². The predicted molar refractivity (Wildman–Crippen MR) is 82.9 cm³/mol. The molecule has 0 bridgehead atoms. The smallest absolute Gasteiger partial charge is 0.254 e. The average Bonchev–Trinajstić information content (AvgIpc) is 2.42. The Hall–Kier alpha value is -1.82. The molecule has 22 heavy (non-hydrogen) atoms. The van der Waals surface area contributed by atoms with Crippen molar-refractivity contribution in [3.8, 4) is 5.88 Å². The van der Waals surface area contributed by atoms with Crippen molar-refractivity contribution in [3.63, 3.8) is 0 Å². The molecule has 4 rings (SSSR count). The van der Waals surface area contributed by atoms with Crippen molar-refractivity contribution in [2.24, 2.45) is 16.9 Å². The van der Waals surface area contributed by atoms with Crippen molar-refractivity contribution in [3.05, 3.63) is 17.2 Å². The van der Waals surface area contributed by atoms with Crippen LogP contribution < -0.4 is 21.5 Å². The van der Waals surface area contributed by atoms with Gasteiger partial charge in [0.1, 0.15) is 17.5 Å². The Kier molecular flexibility index (Phi) is 3.04. The lowest BCUT2D eigenvalue weighted by molar-refractivity contribution is -0.0796. The van der Waals surface area contributed by atoms with E-state index in [2.05, 4.69) is 10.3 Å². The molecule has 1 aliphatic heterocycles. The topological polar surface area (TPSA) is 103 Å². The van der Waals surface area contributed by atoms with E-state index in [1.54, 1.807) is 0 Å². The summed E-state index contributed by atoms with van der Waals surface area (Å²) in [6.45, 7) is 0.903. The fourth-order valence-electron chi connectivity index (χ4n) is 4.17. The number of hydrogen-bond acceptors (Lipinski definition) is 5. The van der Waals surface area contributed by atoms with Crippen molar-refractivity contribution in [2.75, 3.05) is 11.9 Å². The number of aryl methyl sites for hydroxylation is 1. The van der Waals surface area contributed by atoms with Gasteiger partial charge < -0.3 is 21.5 Å². The first-order chi connectivity index (χ1) is 10.5. The van der Waals surface area contributed by atoms with Gasteiger partial charge in [0.05, 0.1) is 0 Å². The van der Waals surface area contributed by atoms with Crippen molar-refractivity contribution in [1.82, 2.24) is 4.98 Å². The van der Waals surface area contributed by atoms with Crippen LogP contribution in [0.15, 0.2) is 6.07 Å². The molecule has 2 saturated carbocycles. The van der Waals surface area contributed by atoms with Crippen LogP contribution in [0.5, 0.6) is 5.88 Å². The molecule has 0 atom stereocenters. The highest BCUT2D eigenvalue weighted by atomic mass is 16.5. The minimum absolute atomic E-state index is 0.125. The van der Waals surface area contributed by atoms with Crippen LogP contribution in [0.1, 0.15) is 48.0 Å². The third kappa shape index (κ3) is 2.22. The molecule has 6 heteroatoms. The molecule has 3 aliphatic rings. The van der Waals surface area contributed by atoms with Gasteiger partial charge >= 0.3 is 0 Å². The first-order valence-corrected chi connectivity index (χ1v) is 8.04. The van der Waals surface area contributed by atoms with Crippen molar-refractivity contribution in [1.29, 1.82) is 0 Å². The lowest BCUT2D eigenvalue weighted by atomic mass is 9.53. The van der Waals surface area contributed by atoms with Crippen molar-refractivity contribution in [2.45, 2.75) is 50.7 Å². The summed E-state index contributed by atoms with van der Waals surface area (Å²) in [4.78, 5) is 16.2. The van der Waals surface area contributed by atoms with E-state index in [0.29, 0.717) is 22.9 Å². The third-order valence-electron chi connectivity index (χ3n) is 5.24. The average molecular weight is 302 g/mol. The summed E-state index contributed by atoms with van der Waals surface area (Å²) in [5.41, 5.74) is 13.2. The fourth-order valence-corrected chi connectivity index (χ4v) is 4.17. The summed E-state index contributed by atoms with van der Waals surface area (Å²) in [6.07, 6.45) is 6.28. The minimum Gasteiger partial charge on any atom is -0.474 e. The molecule has 0 aromatic carbocycles. The Morgan fingerprint density at radius 1 is 1.36 bits per heavy atom. The molecule has 2 fully saturated rings. The van der Waals surface area contributed by atoms with Crippen LogP contribution in [0, 0.1) is 5.41 Å². The monoisotopic (exact) mass is 302 g/mol. The Labute approximate surface area is 129 Å². The van der Waals surface area contributed by atoms with Gasteiger partial charge in [-0.3, -0.25) is 4.79 Å². The van der Waals surface area contributed by atoms with Gasteiger partial charge in [-0.1, -0.05) is 0 Å². The van der Waals surface area contributed by atoms with Crippen LogP contribution in [-0.4, -0.2) is 29.6 Å². The Morgan fingerprint density at radius 2 is 2.14 bits per heavy atom. The molecule has 1 aromatic heterocycles. The Morgan fingerprint density at radius 3 is 2.82 bits per heavy atom. The Balaban J connectivity index is 1.52. The number of primary amides is 1. The highest BCUT2D eigenvalue weighted by Gasteiger charge is 2.53. The molecule has 1 spiro atoms. The minimum atomic E-state index is -0.476. The molecule has 1 amide bonds. The largest absolute Gasteiger partial charge is 0.474 e. The number of rotatable bonds is 3. The zero-order valence-electron chi connectivity index (χ0n) is 12.6. The summed E-state index contributed by atoms with van der Waals surface area (Å²) in [5, 5.41) is 3.26. The molecule has 118 valence electrons. The van der Waals surface area contributed by atoms with Gasteiger partial charge in [-0.2, -0.15) is 4.98 Å². The first kappa shape index (κ1) is 13.8. The van der Waals surface area contributed by atoms with Crippen LogP contribution in [0.25, 0.3) is 0 Å². The second kappa shape index (κ2) is 4.84. The summed E-state index contributed by atoms with van der Waals surface area (Å²) in [6, 6.07) is 2.19. The number of nitrogens with one attached hydrogen (secondary N) is 1. The van der Waals surface area contributed by atoms with Gasteiger partial charge in [0.25, 0.3) is 5.91 Å². The number of nitrogens with zero attached hydrogens (tertiary/aromatic N) is 1. The number of hydrogen-bond donors (Lipinski definition) is 3. The van der Waals surface area contributed by atoms with Gasteiger partial charge in [0.2, 0.25) is 5.88 Å². The van der Waals surface area contributed by atoms with E-state index in [4.69, 9.17) is 16.2 Å². The Bertz CT molecular complexity index is 617. The lowest BCUT2D eigenvalue weighted by Crippen LogP contribution is -2.56. The summed E-state index contributed by atoms with van der Waals surface area (Å²) >= 11 is 0. The van der Waals surface area contributed by atoms with Crippen molar-refractivity contribution < 1.29 is 9.53 Å². The van der Waals surface area contributed by atoms with E-state index < -0.39 is 5.91 Å². The normalized spacial score (nSPS) is 32.4. The number of amides is 1. The number of aromatic nitrogens is 1. The molecule has 2 heterocycles. The number of carbonyl (C=O) groups is 1. The number of pyridine rings is 1. The SMILES string of the molecule is NC(=O)c1cc2c(nc1OC1CC3(CC(N)C3)C1)NCCC2. The standard InChI is InChI=1S/C16H22N4O2/c17-10-5-16(6-10)7-11(8-16)22-15-12(13(18)21)4-9-2-1-3-19-14(9)20-15/h4,10-11H,1-3,5-8,17H2,(H2,18,21)(H,19,20). The van der Waals surface area contributed by atoms with E-state index in [9.17, 15) is 4.79 Å². The summed E-state index contributed by atoms with van der Waals surface area (Å²) < 4.78 is 5.98. The van der Waals surface area contributed by atoms with Crippen LogP contribution in [0.2, 0.25) is 0 Å². The molecule has 5 N–H and O–H groups in total. The third-order valence-corrected chi connectivity index (χ3v) is 5.24. The van der Waals surface area contributed by atoms with Gasteiger partial charge in [-0.15, -0.1) is 0 Å². The molecule has 1 aromatic rings. The number of anilines is 1. The highest BCUT2D eigenvalue weighted by Crippen LogP contribution is 2.56. The molecule has 6 nitrogen and oxygen atoms in total. The van der Waals surface area contributed by atoms with E-state index in [-0.39, 0.29) is 6.10 Å². The molecule has 0 unspecified atom stereocenters. The van der Waals surface area contributed by atoms with Gasteiger partial charge in [-0.05, 0) is 55.6 Å². The summed E-state index contributed by atoms with van der Waals surface area (Å²) in [5.74, 6) is 0.727. The molecular weight excluding hydrogens is 280 g/mol. The van der Waals surface area contributed by atoms with E-state index in [0.717, 1.165) is 56.5 Å². The maximum atomic E-state index is 11.7. The maximum absolute atomic E-state index is 11.7. The van der Waals surface area contributed by atoms with Crippen LogP contribution in [0.3, 0.4) is 0 Å². The van der Waals surface area contributed by atoms with Crippen LogP contribution in [-0.2, 0) is 6.42 Å². The first-order valence-electron chi connectivity index (χ1n) is 8.04. The molecule has 0 radical (unpaired) electrons. The number of fused-ring (bicyclic) bond motifs is 1. The maximum Gasteiger partial charge on any atom is 0.254 e. The zero-order chi connectivity index (χ0) is 15.3. The zero-order valence-corrected chi connectivity index (χ0v) is 12.6. The number of carbonyl (C=O) groups excluding carboxylic acids is 1. The second-order valence-electron chi connectivity index (χ2n) is 7.06. The fraction of sp³-hybridized carbons (Fsp3) is 0.625. The number of ether oxygens (including phenoxy) is 1. The lowest BCUT2D eigenvalue weighted by Gasteiger charge is -2.56. The molecular formula is C16H22N4O2. The van der Waals surface area contributed by atoms with Crippen LogP contribution in [0.4, 0.5) is 5.82 Å². The second-order valence-corrected chi connectivity index (χ2v) is 7.06. The van der Waals surface area contributed by atoms with Gasteiger partial charge in [-0.25, -0.2) is 0 Å². The van der Waals surface area contributed by atoms with Crippen LogP contribution >= 0.6 is 0 Å². The highest BCUT2D eigenvalue weighted by molar-refractivity contribution is 5.95. The van der Waals surface area contributed by atoms with Gasteiger partial charge in [0, 0.05) is 12.6 Å². The van der Waals surface area contributed by atoms with E-state index >= 15 is 0 Å². The van der Waals surface area contributed by atoms with Crippen molar-refractivity contribution >= 4 is 11.7 Å².